The predicted octanol–water partition coefficient (Wildman–Crippen LogP) is 2.65. The molecular formula is C27H30N4O6. The van der Waals surface area contributed by atoms with E-state index < -0.39 is 18.4 Å². The van der Waals surface area contributed by atoms with Gasteiger partial charge in [0.1, 0.15) is 12.6 Å². The lowest BCUT2D eigenvalue weighted by Gasteiger charge is -2.27. The van der Waals surface area contributed by atoms with Crippen molar-refractivity contribution in [2.45, 2.75) is 31.8 Å². The summed E-state index contributed by atoms with van der Waals surface area (Å²) in [6, 6.07) is 12.7. The van der Waals surface area contributed by atoms with Crippen molar-refractivity contribution in [2.75, 3.05) is 48.9 Å². The second-order valence-electron chi connectivity index (χ2n) is 8.75. The fourth-order valence-corrected chi connectivity index (χ4v) is 4.28. The lowest BCUT2D eigenvalue weighted by molar-refractivity contribution is -0.140. The third kappa shape index (κ3) is 6.46. The van der Waals surface area contributed by atoms with Crippen LogP contribution >= 0.6 is 0 Å². The summed E-state index contributed by atoms with van der Waals surface area (Å²) in [6.07, 6.45) is 4.84. The summed E-state index contributed by atoms with van der Waals surface area (Å²) in [7, 11) is 1.53. The number of nitrogens with one attached hydrogen (secondary N) is 2. The molecule has 0 saturated carbocycles. The van der Waals surface area contributed by atoms with E-state index in [-0.39, 0.29) is 31.1 Å². The van der Waals surface area contributed by atoms with Crippen LogP contribution in [0.5, 0.6) is 0 Å². The van der Waals surface area contributed by atoms with Crippen LogP contribution in [-0.2, 0) is 23.8 Å². The minimum absolute atomic E-state index is 0.0526. The van der Waals surface area contributed by atoms with Crippen LogP contribution in [0.2, 0.25) is 0 Å². The minimum Gasteiger partial charge on any atom is -0.370 e. The van der Waals surface area contributed by atoms with Crippen molar-refractivity contribution in [3.8, 4) is 12.3 Å². The third-order valence-electron chi connectivity index (χ3n) is 6.28. The van der Waals surface area contributed by atoms with Crippen molar-refractivity contribution in [2.24, 2.45) is 0 Å². The second-order valence-corrected chi connectivity index (χ2v) is 8.75. The summed E-state index contributed by atoms with van der Waals surface area (Å²) in [5, 5.41) is 5.70. The van der Waals surface area contributed by atoms with Gasteiger partial charge in [-0.25, -0.2) is 4.79 Å². The first-order valence-corrected chi connectivity index (χ1v) is 12.0. The van der Waals surface area contributed by atoms with Crippen molar-refractivity contribution in [1.29, 1.82) is 0 Å². The van der Waals surface area contributed by atoms with Gasteiger partial charge in [-0.15, -0.1) is 6.42 Å². The molecule has 2 aromatic carbocycles. The smallest absolute Gasteiger partial charge is 0.322 e. The maximum absolute atomic E-state index is 13.3. The minimum atomic E-state index is -0.764. The van der Waals surface area contributed by atoms with Crippen LogP contribution in [0.15, 0.2) is 48.5 Å². The van der Waals surface area contributed by atoms with Crippen LogP contribution in [0.1, 0.15) is 18.9 Å². The Balaban J connectivity index is 1.45. The van der Waals surface area contributed by atoms with Gasteiger partial charge in [-0.2, -0.15) is 0 Å². The normalized spacial score (nSPS) is 20.3. The number of ether oxygens (including phenoxy) is 3. The molecule has 3 atom stereocenters. The fraction of sp³-hybridized carbons (Fsp3) is 0.370. The zero-order chi connectivity index (χ0) is 26.4. The van der Waals surface area contributed by atoms with E-state index in [2.05, 4.69) is 16.6 Å². The molecule has 37 heavy (non-hydrogen) atoms. The van der Waals surface area contributed by atoms with Crippen molar-refractivity contribution in [1.82, 2.24) is 4.90 Å². The highest BCUT2D eigenvalue weighted by atomic mass is 16.7. The number of likely N-dealkylation sites (tertiary alicyclic amines) is 1. The van der Waals surface area contributed by atoms with E-state index in [0.717, 1.165) is 5.69 Å². The Bertz CT molecular complexity index is 1160. The molecule has 0 radical (unpaired) electrons. The molecule has 2 aliphatic rings. The fourth-order valence-electron chi connectivity index (χ4n) is 4.28. The van der Waals surface area contributed by atoms with Crippen molar-refractivity contribution in [3.05, 3.63) is 54.1 Å². The van der Waals surface area contributed by atoms with Crippen molar-refractivity contribution >= 4 is 34.9 Å². The summed E-state index contributed by atoms with van der Waals surface area (Å²) >= 11 is 0. The predicted molar refractivity (Wildman–Crippen MR) is 138 cm³/mol. The zero-order valence-corrected chi connectivity index (χ0v) is 20.8. The van der Waals surface area contributed by atoms with E-state index in [4.69, 9.17) is 20.6 Å². The van der Waals surface area contributed by atoms with Crippen molar-refractivity contribution < 1.29 is 28.6 Å². The van der Waals surface area contributed by atoms with E-state index >= 15 is 0 Å². The maximum atomic E-state index is 13.3. The number of morpholine rings is 1. The van der Waals surface area contributed by atoms with Gasteiger partial charge >= 0.3 is 6.03 Å². The van der Waals surface area contributed by atoms with Gasteiger partial charge in [-0.3, -0.25) is 9.59 Å². The number of benzene rings is 2. The van der Waals surface area contributed by atoms with E-state index in [1.54, 1.807) is 60.4 Å². The van der Waals surface area contributed by atoms with Crippen LogP contribution in [0.25, 0.3) is 0 Å². The van der Waals surface area contributed by atoms with Gasteiger partial charge in [0.25, 0.3) is 5.91 Å². The molecule has 1 unspecified atom stereocenters. The lowest BCUT2D eigenvalue weighted by atomic mass is 10.1. The number of carbonyl (C=O) groups is 3. The molecule has 2 N–H and O–H groups in total. The number of methoxy groups -OCH3 is 1. The number of nitrogens with zero attached hydrogens (tertiary/aromatic N) is 2. The first kappa shape index (κ1) is 26.2. The van der Waals surface area contributed by atoms with E-state index in [1.807, 2.05) is 0 Å². The molecule has 0 aliphatic carbocycles. The first-order chi connectivity index (χ1) is 17.9. The highest BCUT2D eigenvalue weighted by molar-refractivity contribution is 6.00. The molecule has 0 bridgehead atoms. The Morgan fingerprint density at radius 3 is 2.43 bits per heavy atom. The molecule has 2 aliphatic heterocycles. The molecule has 4 amide bonds. The Kier molecular flexibility index (Phi) is 8.40. The molecule has 0 spiro atoms. The average Bonchev–Trinajstić information content (AvgIpc) is 3.34. The average molecular weight is 507 g/mol. The largest absolute Gasteiger partial charge is 0.370 e. The Hall–Kier alpha value is -3.91. The highest BCUT2D eigenvalue weighted by Crippen LogP contribution is 2.26. The quantitative estimate of drug-likeness (QED) is 0.442. The molecule has 2 saturated heterocycles. The zero-order valence-electron chi connectivity index (χ0n) is 20.8. The Labute approximate surface area is 215 Å². The van der Waals surface area contributed by atoms with Crippen LogP contribution in [0.3, 0.4) is 0 Å². The van der Waals surface area contributed by atoms with E-state index in [1.165, 1.54) is 12.0 Å². The standard InChI is InChI=1S/C27H30N4O6/c1-4-19-5-7-21(8-6-19)29-27(34)31-16-23(37-18(2)35-3)15-24(31)26(33)28-20-9-11-22(12-10-20)30-13-14-36-17-25(30)32/h1,5-12,18,23-24H,13-17H2,2-3H3,(H,28,33)(H,29,34)/t18?,23-,24-/m1/s1. The second kappa shape index (κ2) is 11.9. The molecule has 194 valence electrons. The van der Waals surface area contributed by atoms with Crippen LogP contribution < -0.4 is 15.5 Å². The molecule has 2 fully saturated rings. The van der Waals surface area contributed by atoms with Gasteiger partial charge in [0, 0.05) is 49.2 Å². The summed E-state index contributed by atoms with van der Waals surface area (Å²) in [5.74, 6) is 2.08. The molecule has 2 aromatic rings. The Morgan fingerprint density at radius 1 is 1.11 bits per heavy atom. The van der Waals surface area contributed by atoms with Gasteiger partial charge in [0.2, 0.25) is 5.91 Å². The number of hydrogen-bond acceptors (Lipinski definition) is 6. The van der Waals surface area contributed by atoms with Gasteiger partial charge in [0.05, 0.1) is 12.7 Å². The monoisotopic (exact) mass is 506 g/mol. The molecule has 0 aromatic heterocycles. The summed E-state index contributed by atoms with van der Waals surface area (Å²) < 4.78 is 16.2. The van der Waals surface area contributed by atoms with Crippen molar-refractivity contribution in [3.63, 3.8) is 0 Å². The number of rotatable bonds is 7. The SMILES string of the molecule is C#Cc1ccc(NC(=O)N2C[C@H](OC(C)OC)C[C@@H]2C(=O)Nc2ccc(N3CCOCC3=O)cc2)cc1. The molecule has 10 nitrogen and oxygen atoms in total. The summed E-state index contributed by atoms with van der Waals surface area (Å²) in [5.41, 5.74) is 2.54. The van der Waals surface area contributed by atoms with Crippen LogP contribution in [-0.4, -0.2) is 74.6 Å². The molecule has 2 heterocycles. The Morgan fingerprint density at radius 2 is 1.78 bits per heavy atom. The van der Waals surface area contributed by atoms with Gasteiger partial charge in [0.15, 0.2) is 6.29 Å². The van der Waals surface area contributed by atoms with Crippen LogP contribution in [0.4, 0.5) is 21.9 Å². The molecular weight excluding hydrogens is 476 g/mol. The third-order valence-corrected chi connectivity index (χ3v) is 6.28. The highest BCUT2D eigenvalue weighted by Gasteiger charge is 2.41. The molecule has 10 heteroatoms. The summed E-state index contributed by atoms with van der Waals surface area (Å²) in [6.45, 7) is 2.98. The summed E-state index contributed by atoms with van der Waals surface area (Å²) in [4.78, 5) is 41.6. The van der Waals surface area contributed by atoms with E-state index in [0.29, 0.717) is 36.5 Å². The van der Waals surface area contributed by atoms with Gasteiger partial charge in [-0.05, 0) is 55.5 Å². The number of anilines is 3. The number of amides is 4. The molecule has 4 rings (SSSR count). The number of terminal acetylenes is 1. The van der Waals surface area contributed by atoms with E-state index in [9.17, 15) is 14.4 Å². The maximum Gasteiger partial charge on any atom is 0.322 e. The topological polar surface area (TPSA) is 109 Å². The lowest BCUT2D eigenvalue weighted by Crippen LogP contribution is -2.45. The van der Waals surface area contributed by atoms with Gasteiger partial charge in [-0.1, -0.05) is 5.92 Å². The number of urea groups is 1. The number of hydrogen-bond donors (Lipinski definition) is 2. The first-order valence-electron chi connectivity index (χ1n) is 12.0. The van der Waals surface area contributed by atoms with Gasteiger partial charge < -0.3 is 34.6 Å². The number of carbonyl (C=O) groups excluding carboxylic acids is 3. The van der Waals surface area contributed by atoms with Crippen LogP contribution in [0, 0.1) is 12.3 Å².